The molecule has 0 saturated carbocycles. The van der Waals surface area contributed by atoms with Gasteiger partial charge in [-0.15, -0.1) is 10.2 Å². The minimum absolute atomic E-state index is 0.187. The highest BCUT2D eigenvalue weighted by Crippen LogP contribution is 2.28. The Morgan fingerprint density at radius 3 is 2.87 bits per heavy atom. The van der Waals surface area contributed by atoms with Crippen molar-refractivity contribution < 1.29 is 14.4 Å². The van der Waals surface area contributed by atoms with Gasteiger partial charge < -0.3 is 24.7 Å². The average Bonchev–Trinajstić information content (AvgIpc) is 3.33. The van der Waals surface area contributed by atoms with Gasteiger partial charge in [0.15, 0.2) is 5.65 Å². The van der Waals surface area contributed by atoms with Gasteiger partial charge >= 0.3 is 0 Å². The van der Waals surface area contributed by atoms with E-state index in [-0.39, 0.29) is 5.75 Å². The van der Waals surface area contributed by atoms with Crippen molar-refractivity contribution in [2.24, 2.45) is 5.92 Å². The Hall–Kier alpha value is -3.39. The normalized spacial score (nSPS) is 11.4. The Balaban J connectivity index is 1.29. The number of aromatic amines is 1. The van der Waals surface area contributed by atoms with Crippen molar-refractivity contribution in [1.82, 2.24) is 25.7 Å². The summed E-state index contributed by atoms with van der Waals surface area (Å²) in [6, 6.07) is 12.9. The molecule has 8 nitrogen and oxygen atoms in total. The molecule has 0 radical (unpaired) electrons. The molecule has 0 unspecified atom stereocenters. The predicted octanol–water partition coefficient (Wildman–Crippen LogP) is 3.69. The van der Waals surface area contributed by atoms with E-state index in [0.29, 0.717) is 48.4 Å². The van der Waals surface area contributed by atoms with Crippen LogP contribution in [0.25, 0.3) is 22.3 Å². The lowest BCUT2D eigenvalue weighted by molar-refractivity contribution is 0.272. The van der Waals surface area contributed by atoms with Crippen LogP contribution < -0.4 is 10.1 Å². The lowest BCUT2D eigenvalue weighted by Crippen LogP contribution is -2.20. The number of hydrogen-bond donors (Lipinski definition) is 3. The van der Waals surface area contributed by atoms with E-state index in [9.17, 15) is 5.11 Å². The molecule has 3 aromatic heterocycles. The van der Waals surface area contributed by atoms with Crippen LogP contribution >= 0.6 is 0 Å². The number of phenols is 1. The number of aromatic nitrogens is 4. The molecule has 1 aromatic carbocycles. The number of aromatic hydroxyl groups is 1. The summed E-state index contributed by atoms with van der Waals surface area (Å²) < 4.78 is 10.9. The molecule has 30 heavy (non-hydrogen) atoms. The molecule has 0 aliphatic rings. The second-order valence-electron chi connectivity index (χ2n) is 7.60. The van der Waals surface area contributed by atoms with Crippen LogP contribution in [0.4, 0.5) is 0 Å². The number of fused-ring (bicyclic) bond motifs is 1. The van der Waals surface area contributed by atoms with E-state index < -0.39 is 0 Å². The first-order valence-corrected chi connectivity index (χ1v) is 10.0. The molecular weight excluding hydrogens is 382 g/mol. The van der Waals surface area contributed by atoms with Crippen LogP contribution in [0.15, 0.2) is 47.0 Å². The topological polar surface area (TPSA) is 109 Å². The number of benzene rings is 1. The average molecular weight is 407 g/mol. The fourth-order valence-corrected chi connectivity index (χ4v) is 3.22. The van der Waals surface area contributed by atoms with Crippen LogP contribution in [0.3, 0.4) is 0 Å². The number of phenolic OH excluding ortho intramolecular Hbond substituents is 1. The molecule has 8 heteroatoms. The highest BCUT2D eigenvalue weighted by Gasteiger charge is 2.10. The summed E-state index contributed by atoms with van der Waals surface area (Å²) in [6.07, 6.45) is 0.851. The first-order valence-electron chi connectivity index (χ1n) is 10.0. The van der Waals surface area contributed by atoms with E-state index in [1.807, 2.05) is 30.3 Å². The van der Waals surface area contributed by atoms with E-state index in [0.717, 1.165) is 23.3 Å². The van der Waals surface area contributed by atoms with Crippen molar-refractivity contribution in [3.8, 4) is 22.9 Å². The summed E-state index contributed by atoms with van der Waals surface area (Å²) in [4.78, 5) is 3.25. The molecule has 0 bridgehead atoms. The number of nitrogens with zero attached hydrogens (tertiary/aromatic N) is 3. The fraction of sp³-hybridized carbons (Fsp3) is 0.318. The summed E-state index contributed by atoms with van der Waals surface area (Å²) >= 11 is 0. The highest BCUT2D eigenvalue weighted by atomic mass is 16.5. The number of nitrogens with one attached hydrogen (secondary N) is 2. The van der Waals surface area contributed by atoms with Gasteiger partial charge in [-0.1, -0.05) is 26.0 Å². The third kappa shape index (κ3) is 4.77. The van der Waals surface area contributed by atoms with Crippen LogP contribution in [-0.2, 0) is 13.0 Å². The molecule has 0 atom stereocenters. The highest BCUT2D eigenvalue weighted by molar-refractivity contribution is 5.81. The smallest absolute Gasteiger partial charge is 0.254 e. The van der Waals surface area contributed by atoms with Gasteiger partial charge in [0.25, 0.3) is 5.88 Å². The fourth-order valence-electron chi connectivity index (χ4n) is 3.22. The van der Waals surface area contributed by atoms with E-state index in [1.54, 1.807) is 12.1 Å². The standard InChI is InChI=1S/C22H25N5O3/c1-14(2)9-17-12-21(27-30-17)29-8-7-23-13-16-10-15-11-19(25-26-22(15)24-16)18-5-3-4-6-20(18)28/h3-6,10-12,14,23,28H,7-9,13H2,1-2H3,(H,24,26). The Morgan fingerprint density at radius 2 is 2.03 bits per heavy atom. The number of H-pyrrole nitrogens is 1. The summed E-state index contributed by atoms with van der Waals surface area (Å²) in [7, 11) is 0. The zero-order valence-corrected chi connectivity index (χ0v) is 17.1. The number of para-hydroxylation sites is 1. The Bertz CT molecular complexity index is 1120. The Kier molecular flexibility index (Phi) is 5.94. The summed E-state index contributed by atoms with van der Waals surface area (Å²) in [5.41, 5.74) is 3.00. The summed E-state index contributed by atoms with van der Waals surface area (Å²) in [6.45, 7) is 6.06. The SMILES string of the molecule is CC(C)Cc1cc(OCCNCc2cc3cc(-c4ccccc4O)nnc3[nH]2)no1. The molecular formula is C22H25N5O3. The molecule has 0 fully saturated rings. The Labute approximate surface area is 174 Å². The van der Waals surface area contributed by atoms with Crippen molar-refractivity contribution in [1.29, 1.82) is 0 Å². The second-order valence-corrected chi connectivity index (χ2v) is 7.60. The maximum Gasteiger partial charge on any atom is 0.254 e. The van der Waals surface area contributed by atoms with Crippen molar-refractivity contribution in [2.45, 2.75) is 26.8 Å². The van der Waals surface area contributed by atoms with Crippen LogP contribution in [0.1, 0.15) is 25.3 Å². The molecule has 4 aromatic rings. The Morgan fingerprint density at radius 1 is 1.17 bits per heavy atom. The molecule has 4 rings (SSSR count). The van der Waals surface area contributed by atoms with E-state index in [4.69, 9.17) is 9.26 Å². The molecule has 0 amide bonds. The maximum absolute atomic E-state index is 10.0. The van der Waals surface area contributed by atoms with Crippen molar-refractivity contribution in [2.75, 3.05) is 13.2 Å². The van der Waals surface area contributed by atoms with Crippen LogP contribution in [-0.4, -0.2) is 38.6 Å². The van der Waals surface area contributed by atoms with Gasteiger partial charge in [-0.2, -0.15) is 0 Å². The van der Waals surface area contributed by atoms with Crippen LogP contribution in [0, 0.1) is 5.92 Å². The van der Waals surface area contributed by atoms with Crippen LogP contribution in [0.5, 0.6) is 11.6 Å². The van der Waals surface area contributed by atoms with Gasteiger partial charge in [0.1, 0.15) is 18.1 Å². The maximum atomic E-state index is 10.0. The first-order chi connectivity index (χ1) is 14.6. The third-order valence-corrected chi connectivity index (χ3v) is 4.60. The first kappa shape index (κ1) is 19.9. The minimum atomic E-state index is 0.187. The monoisotopic (exact) mass is 407 g/mol. The number of ether oxygens (including phenoxy) is 1. The molecule has 0 aliphatic carbocycles. The molecule has 156 valence electrons. The van der Waals surface area contributed by atoms with Crippen LogP contribution in [0.2, 0.25) is 0 Å². The van der Waals surface area contributed by atoms with E-state index >= 15 is 0 Å². The number of rotatable bonds is 9. The molecule has 0 spiro atoms. The van der Waals surface area contributed by atoms with Gasteiger partial charge in [-0.05, 0) is 35.3 Å². The zero-order chi connectivity index (χ0) is 20.9. The summed E-state index contributed by atoms with van der Waals surface area (Å²) in [5, 5.41) is 26.7. The van der Waals surface area contributed by atoms with Gasteiger partial charge in [0.2, 0.25) is 0 Å². The zero-order valence-electron chi connectivity index (χ0n) is 17.1. The predicted molar refractivity (Wildman–Crippen MR) is 113 cm³/mol. The van der Waals surface area contributed by atoms with E-state index in [1.165, 1.54) is 0 Å². The molecule has 0 aliphatic heterocycles. The molecule has 0 saturated heterocycles. The van der Waals surface area contributed by atoms with Gasteiger partial charge in [-0.25, -0.2) is 0 Å². The summed E-state index contributed by atoms with van der Waals surface area (Å²) in [5.74, 6) is 2.07. The third-order valence-electron chi connectivity index (χ3n) is 4.60. The van der Waals surface area contributed by atoms with Gasteiger partial charge in [0.05, 0.1) is 5.69 Å². The molecule has 3 heterocycles. The van der Waals surface area contributed by atoms with Crippen molar-refractivity contribution >= 4 is 11.0 Å². The minimum Gasteiger partial charge on any atom is -0.507 e. The van der Waals surface area contributed by atoms with Crippen molar-refractivity contribution in [3.05, 3.63) is 53.9 Å². The largest absolute Gasteiger partial charge is 0.507 e. The quantitative estimate of drug-likeness (QED) is 0.363. The van der Waals surface area contributed by atoms with Crippen molar-refractivity contribution in [3.63, 3.8) is 0 Å². The second kappa shape index (κ2) is 8.96. The van der Waals surface area contributed by atoms with Gasteiger partial charge in [0, 0.05) is 42.2 Å². The lowest BCUT2D eigenvalue weighted by atomic mass is 10.1. The van der Waals surface area contributed by atoms with Gasteiger partial charge in [-0.3, -0.25) is 0 Å². The van der Waals surface area contributed by atoms with E-state index in [2.05, 4.69) is 39.5 Å². The lowest BCUT2D eigenvalue weighted by Gasteiger charge is -2.03. The molecule has 3 N–H and O–H groups in total. The number of hydrogen-bond acceptors (Lipinski definition) is 7.